The Labute approximate surface area is 147 Å². The molecule has 5 nitrogen and oxygen atoms in total. The van der Waals surface area contributed by atoms with Crippen molar-refractivity contribution in [2.75, 3.05) is 5.32 Å². The molecule has 1 N–H and O–H groups in total. The second kappa shape index (κ2) is 6.40. The second-order valence-corrected chi connectivity index (χ2v) is 5.91. The molecule has 0 aliphatic rings. The van der Waals surface area contributed by atoms with Crippen LogP contribution in [-0.4, -0.2) is 15.5 Å². The minimum atomic E-state index is -0.462. The molecule has 0 aliphatic carbocycles. The molecule has 6 heteroatoms. The first-order valence-corrected chi connectivity index (χ1v) is 8.04. The highest BCUT2D eigenvalue weighted by Crippen LogP contribution is 2.22. The van der Waals surface area contributed by atoms with Gasteiger partial charge in [-0.3, -0.25) is 14.2 Å². The molecule has 0 unspecified atom stereocenters. The Bertz CT molecular complexity index is 1200. The fourth-order valence-corrected chi connectivity index (χ4v) is 2.92. The molecule has 1 amide bonds. The predicted octanol–water partition coefficient (Wildman–Crippen LogP) is 3.33. The summed E-state index contributed by atoms with van der Waals surface area (Å²) >= 11 is 0. The average molecular weight is 347 g/mol. The normalized spacial score (nSPS) is 11.0. The molecule has 0 bridgehead atoms. The number of aromatic nitrogens is 2. The van der Waals surface area contributed by atoms with E-state index in [1.54, 1.807) is 0 Å². The van der Waals surface area contributed by atoms with E-state index in [0.29, 0.717) is 5.69 Å². The highest BCUT2D eigenvalue weighted by atomic mass is 19.1. The maximum Gasteiger partial charge on any atom is 0.261 e. The van der Waals surface area contributed by atoms with Gasteiger partial charge in [0.1, 0.15) is 12.4 Å². The summed E-state index contributed by atoms with van der Waals surface area (Å²) < 4.78 is 14.4. The Balaban J connectivity index is 1.62. The predicted molar refractivity (Wildman–Crippen MR) is 98.5 cm³/mol. The third-order valence-electron chi connectivity index (χ3n) is 4.16. The van der Waals surface area contributed by atoms with E-state index in [9.17, 15) is 14.0 Å². The summed E-state index contributed by atoms with van der Waals surface area (Å²) in [6, 6.07) is 17.1. The van der Waals surface area contributed by atoms with Gasteiger partial charge in [-0.25, -0.2) is 9.37 Å². The summed E-state index contributed by atoms with van der Waals surface area (Å²) in [6.07, 6.45) is 1.26. The number of nitrogens with zero attached hydrogens (tertiary/aromatic N) is 2. The zero-order valence-electron chi connectivity index (χ0n) is 13.6. The molecule has 0 fully saturated rings. The van der Waals surface area contributed by atoms with Crippen molar-refractivity contribution in [1.29, 1.82) is 0 Å². The van der Waals surface area contributed by atoms with E-state index in [0.717, 1.165) is 10.8 Å². The first-order chi connectivity index (χ1) is 12.6. The first-order valence-electron chi connectivity index (χ1n) is 8.04. The van der Waals surface area contributed by atoms with Gasteiger partial charge in [0.25, 0.3) is 5.56 Å². The summed E-state index contributed by atoms with van der Waals surface area (Å²) in [4.78, 5) is 28.9. The molecule has 0 aliphatic heterocycles. The zero-order valence-corrected chi connectivity index (χ0v) is 13.6. The van der Waals surface area contributed by atoms with Crippen LogP contribution in [0.3, 0.4) is 0 Å². The van der Waals surface area contributed by atoms with Gasteiger partial charge in [-0.2, -0.15) is 0 Å². The number of carbonyl (C=O) groups is 1. The van der Waals surface area contributed by atoms with Crippen LogP contribution in [0.25, 0.3) is 21.7 Å². The molecule has 26 heavy (non-hydrogen) atoms. The molecule has 0 radical (unpaired) electrons. The lowest BCUT2D eigenvalue weighted by atomic mass is 10.1. The van der Waals surface area contributed by atoms with Crippen LogP contribution in [0, 0.1) is 5.82 Å². The minimum Gasteiger partial charge on any atom is -0.324 e. The van der Waals surface area contributed by atoms with Gasteiger partial charge in [0.2, 0.25) is 5.91 Å². The Morgan fingerprint density at radius 2 is 1.85 bits per heavy atom. The number of fused-ring (bicyclic) bond motifs is 2. The smallest absolute Gasteiger partial charge is 0.261 e. The van der Waals surface area contributed by atoms with E-state index >= 15 is 0 Å². The molecule has 3 aromatic carbocycles. The number of benzene rings is 3. The highest BCUT2D eigenvalue weighted by Gasteiger charge is 2.10. The molecular formula is C20H14FN3O2. The summed E-state index contributed by atoms with van der Waals surface area (Å²) in [5, 5.41) is 5.03. The van der Waals surface area contributed by atoms with Crippen molar-refractivity contribution in [2.45, 2.75) is 6.54 Å². The number of hydrogen-bond acceptors (Lipinski definition) is 3. The molecule has 0 saturated heterocycles. The maximum absolute atomic E-state index is 13.2. The molecular weight excluding hydrogens is 333 g/mol. The third kappa shape index (κ3) is 2.93. The van der Waals surface area contributed by atoms with Crippen LogP contribution >= 0.6 is 0 Å². The maximum atomic E-state index is 13.2. The van der Waals surface area contributed by atoms with Gasteiger partial charge in [0, 0.05) is 17.1 Å². The molecule has 0 atom stereocenters. The Hall–Kier alpha value is -3.54. The molecule has 128 valence electrons. The largest absolute Gasteiger partial charge is 0.324 e. The van der Waals surface area contributed by atoms with E-state index in [1.807, 2.05) is 42.5 Å². The summed E-state index contributed by atoms with van der Waals surface area (Å²) in [5.74, 6) is -0.803. The zero-order chi connectivity index (χ0) is 18.1. The van der Waals surface area contributed by atoms with Crippen LogP contribution in [0.2, 0.25) is 0 Å². The third-order valence-corrected chi connectivity index (χ3v) is 4.16. The summed E-state index contributed by atoms with van der Waals surface area (Å²) in [5.41, 5.74) is 0.556. The average Bonchev–Trinajstić information content (AvgIpc) is 2.64. The summed E-state index contributed by atoms with van der Waals surface area (Å²) in [6.45, 7) is -0.178. The van der Waals surface area contributed by atoms with Gasteiger partial charge in [-0.05, 0) is 23.6 Å². The van der Waals surface area contributed by atoms with Gasteiger partial charge in [0.15, 0.2) is 0 Å². The number of amides is 1. The number of halogens is 1. The van der Waals surface area contributed by atoms with Crippen molar-refractivity contribution in [1.82, 2.24) is 9.55 Å². The number of hydrogen-bond donors (Lipinski definition) is 1. The fourth-order valence-electron chi connectivity index (χ4n) is 2.92. The Morgan fingerprint density at radius 3 is 2.73 bits per heavy atom. The molecule has 0 saturated carbocycles. The van der Waals surface area contributed by atoms with Crippen molar-refractivity contribution >= 4 is 33.3 Å². The van der Waals surface area contributed by atoms with E-state index < -0.39 is 5.82 Å². The van der Waals surface area contributed by atoms with Crippen molar-refractivity contribution in [3.05, 3.63) is 83.2 Å². The Kier molecular flexibility index (Phi) is 3.93. The molecule has 4 rings (SSSR count). The highest BCUT2D eigenvalue weighted by molar-refractivity contribution is 6.02. The van der Waals surface area contributed by atoms with Crippen LogP contribution in [0.15, 0.2) is 71.8 Å². The topological polar surface area (TPSA) is 64.0 Å². The van der Waals surface area contributed by atoms with Crippen LogP contribution < -0.4 is 10.9 Å². The van der Waals surface area contributed by atoms with Gasteiger partial charge in [0.05, 0.1) is 17.2 Å². The van der Waals surface area contributed by atoms with Crippen molar-refractivity contribution in [3.63, 3.8) is 0 Å². The molecule has 4 aromatic rings. The quantitative estimate of drug-likeness (QED) is 0.618. The van der Waals surface area contributed by atoms with Crippen molar-refractivity contribution < 1.29 is 9.18 Å². The lowest BCUT2D eigenvalue weighted by Gasteiger charge is -2.10. The van der Waals surface area contributed by atoms with Gasteiger partial charge >= 0.3 is 0 Å². The second-order valence-electron chi connectivity index (χ2n) is 5.91. The van der Waals surface area contributed by atoms with E-state index in [4.69, 9.17) is 0 Å². The van der Waals surface area contributed by atoms with Crippen LogP contribution in [-0.2, 0) is 11.3 Å². The lowest BCUT2D eigenvalue weighted by molar-refractivity contribution is -0.116. The fraction of sp³-hybridized carbons (Fsp3) is 0.0500. The van der Waals surface area contributed by atoms with E-state index in [1.165, 1.54) is 29.1 Å². The van der Waals surface area contributed by atoms with Crippen LogP contribution in [0.5, 0.6) is 0 Å². The van der Waals surface area contributed by atoms with Crippen molar-refractivity contribution in [3.8, 4) is 0 Å². The molecule has 1 aromatic heterocycles. The lowest BCUT2D eigenvalue weighted by Crippen LogP contribution is -2.28. The number of rotatable bonds is 3. The number of carbonyl (C=O) groups excluding carboxylic acids is 1. The molecule has 1 heterocycles. The van der Waals surface area contributed by atoms with Crippen LogP contribution in [0.1, 0.15) is 0 Å². The van der Waals surface area contributed by atoms with Crippen molar-refractivity contribution in [2.24, 2.45) is 0 Å². The number of anilines is 1. The van der Waals surface area contributed by atoms with Gasteiger partial charge in [-0.15, -0.1) is 0 Å². The van der Waals surface area contributed by atoms with E-state index in [-0.39, 0.29) is 28.9 Å². The minimum absolute atomic E-state index is 0.178. The summed E-state index contributed by atoms with van der Waals surface area (Å²) in [7, 11) is 0. The van der Waals surface area contributed by atoms with Gasteiger partial charge in [-0.1, -0.05) is 36.4 Å². The van der Waals surface area contributed by atoms with E-state index in [2.05, 4.69) is 10.3 Å². The standard InChI is InChI=1S/C20H14FN3O2/c21-14-8-9-16-18(10-14)22-12-24(20(16)26)11-19(25)23-17-7-3-5-13-4-1-2-6-15(13)17/h1-10,12H,11H2,(H,23,25). The van der Waals surface area contributed by atoms with Gasteiger partial charge < -0.3 is 5.32 Å². The first kappa shape index (κ1) is 16.0. The molecule has 0 spiro atoms. The SMILES string of the molecule is O=C(Cn1cnc2cc(F)ccc2c1=O)Nc1cccc2ccccc12. The number of nitrogens with one attached hydrogen (secondary N) is 1. The monoisotopic (exact) mass is 347 g/mol. The van der Waals surface area contributed by atoms with Crippen LogP contribution in [0.4, 0.5) is 10.1 Å². The Morgan fingerprint density at radius 1 is 1.04 bits per heavy atom.